The number of carbonyl (C=O) groups is 1. The molecule has 1 heterocycles. The van der Waals surface area contributed by atoms with Gasteiger partial charge in [-0.05, 0) is 68.9 Å². The van der Waals surface area contributed by atoms with Crippen LogP contribution in [0.2, 0.25) is 0 Å². The van der Waals surface area contributed by atoms with Gasteiger partial charge in [0.05, 0.1) is 6.42 Å². The Hall–Kier alpha value is -3.61. The van der Waals surface area contributed by atoms with Crippen LogP contribution < -0.4 is 0 Å². The lowest BCUT2D eigenvalue weighted by Crippen LogP contribution is -2.05. The highest BCUT2D eigenvalue weighted by molar-refractivity contribution is 5.89. The van der Waals surface area contributed by atoms with Gasteiger partial charge in [-0.25, -0.2) is 9.07 Å². The fourth-order valence-corrected chi connectivity index (χ4v) is 3.63. The van der Waals surface area contributed by atoms with Crippen molar-refractivity contribution in [2.45, 2.75) is 19.8 Å². The maximum atomic E-state index is 13.9. The van der Waals surface area contributed by atoms with Crippen molar-refractivity contribution >= 4 is 16.7 Å². The van der Waals surface area contributed by atoms with Crippen molar-refractivity contribution in [1.29, 1.82) is 0 Å². The molecule has 1 N–H and O–H groups in total. The largest absolute Gasteiger partial charge is 0.481 e. The lowest BCUT2D eigenvalue weighted by atomic mass is 9.89. The lowest BCUT2D eigenvalue weighted by molar-refractivity contribution is -0.136. The van der Waals surface area contributed by atoms with Crippen molar-refractivity contribution in [3.05, 3.63) is 76.6 Å². The number of fused-ring (bicyclic) bond motifs is 1. The number of rotatable bonds is 5. The fraction of sp³-hybridized carbons (Fsp3) is 0.182. The second-order valence-corrected chi connectivity index (χ2v) is 7.08. The molecule has 0 aliphatic rings. The van der Waals surface area contributed by atoms with E-state index in [-0.39, 0.29) is 12.2 Å². The van der Waals surface area contributed by atoms with Gasteiger partial charge in [-0.3, -0.25) is 4.79 Å². The summed E-state index contributed by atoms with van der Waals surface area (Å²) in [6.45, 7) is 1.90. The predicted molar refractivity (Wildman–Crippen MR) is 107 cm³/mol. The van der Waals surface area contributed by atoms with Crippen LogP contribution in [0.5, 0.6) is 0 Å². The van der Waals surface area contributed by atoms with E-state index in [9.17, 15) is 14.3 Å². The molecule has 0 spiro atoms. The van der Waals surface area contributed by atoms with Gasteiger partial charge >= 0.3 is 5.97 Å². The number of nitrogens with zero attached hydrogens (tertiary/aromatic N) is 4. The van der Waals surface area contributed by atoms with Gasteiger partial charge < -0.3 is 5.11 Å². The minimum Gasteiger partial charge on any atom is -0.481 e. The Bertz CT molecular complexity index is 1220. The van der Waals surface area contributed by atoms with Crippen molar-refractivity contribution in [1.82, 2.24) is 20.2 Å². The summed E-state index contributed by atoms with van der Waals surface area (Å²) in [5, 5.41) is 22.4. The predicted octanol–water partition coefficient (Wildman–Crippen LogP) is 3.70. The topological polar surface area (TPSA) is 80.9 Å². The van der Waals surface area contributed by atoms with Gasteiger partial charge in [-0.15, -0.1) is 5.10 Å². The van der Waals surface area contributed by atoms with E-state index in [2.05, 4.69) is 15.5 Å². The van der Waals surface area contributed by atoms with Crippen LogP contribution >= 0.6 is 0 Å². The van der Waals surface area contributed by atoms with E-state index in [0.717, 1.165) is 38.6 Å². The molecule has 29 heavy (non-hydrogen) atoms. The van der Waals surface area contributed by atoms with Crippen LogP contribution in [0, 0.1) is 12.7 Å². The molecule has 0 saturated heterocycles. The first-order valence-electron chi connectivity index (χ1n) is 9.16. The van der Waals surface area contributed by atoms with Crippen LogP contribution in [0.15, 0.2) is 48.5 Å². The van der Waals surface area contributed by atoms with E-state index in [1.54, 1.807) is 17.8 Å². The summed E-state index contributed by atoms with van der Waals surface area (Å²) >= 11 is 0. The number of hydrogen-bond donors (Lipinski definition) is 1. The molecule has 3 aromatic carbocycles. The summed E-state index contributed by atoms with van der Waals surface area (Å²) in [5.41, 5.74) is 4.49. The minimum absolute atomic E-state index is 0.0652. The fourth-order valence-electron chi connectivity index (χ4n) is 3.63. The molecule has 1 aromatic heterocycles. The molecule has 0 unspecified atom stereocenters. The first-order valence-corrected chi connectivity index (χ1v) is 9.16. The minimum atomic E-state index is -0.887. The Morgan fingerprint density at radius 3 is 2.55 bits per heavy atom. The molecule has 0 amide bonds. The molecule has 4 aromatic rings. The monoisotopic (exact) mass is 390 g/mol. The molecule has 0 fully saturated rings. The molecule has 0 radical (unpaired) electrons. The zero-order valence-corrected chi connectivity index (χ0v) is 16.1. The maximum Gasteiger partial charge on any atom is 0.307 e. The van der Waals surface area contributed by atoms with Crippen LogP contribution in [-0.4, -0.2) is 31.3 Å². The third-order valence-electron chi connectivity index (χ3n) is 5.16. The normalized spacial score (nSPS) is 11.1. The molecule has 7 heteroatoms. The molecule has 0 atom stereocenters. The Kier molecular flexibility index (Phi) is 4.80. The van der Waals surface area contributed by atoms with E-state index >= 15 is 0 Å². The van der Waals surface area contributed by atoms with E-state index in [0.29, 0.717) is 12.2 Å². The number of carboxylic acid groups (broad SMARTS) is 1. The number of benzene rings is 3. The average Bonchev–Trinajstić information content (AvgIpc) is 3.12. The summed E-state index contributed by atoms with van der Waals surface area (Å²) in [6.07, 6.45) is 0.501. The average molecular weight is 390 g/mol. The summed E-state index contributed by atoms with van der Waals surface area (Å²) in [4.78, 5) is 11.3. The molecule has 0 aliphatic heterocycles. The summed E-state index contributed by atoms with van der Waals surface area (Å²) < 4.78 is 15.5. The number of aliphatic carboxylic acids is 1. The van der Waals surface area contributed by atoms with Gasteiger partial charge in [0.2, 0.25) is 0 Å². The molecule has 0 bridgehead atoms. The molecule has 0 aliphatic carbocycles. The van der Waals surface area contributed by atoms with Gasteiger partial charge in [0.1, 0.15) is 5.82 Å². The number of hydrogen-bond acceptors (Lipinski definition) is 4. The summed E-state index contributed by atoms with van der Waals surface area (Å²) in [5.74, 6) is -0.528. The number of aryl methyl sites for hydroxylation is 1. The molecular weight excluding hydrogens is 371 g/mol. The Morgan fingerprint density at radius 1 is 1.14 bits per heavy atom. The summed E-state index contributed by atoms with van der Waals surface area (Å²) in [7, 11) is 1.78. The molecule has 6 nitrogen and oxygen atoms in total. The van der Waals surface area contributed by atoms with Crippen molar-refractivity contribution < 1.29 is 14.3 Å². The van der Waals surface area contributed by atoms with E-state index in [1.807, 2.05) is 37.3 Å². The van der Waals surface area contributed by atoms with Crippen LogP contribution in [0.3, 0.4) is 0 Å². The quantitative estimate of drug-likeness (QED) is 0.562. The van der Waals surface area contributed by atoms with Crippen LogP contribution in [0.1, 0.15) is 22.3 Å². The maximum absolute atomic E-state index is 13.9. The van der Waals surface area contributed by atoms with Gasteiger partial charge in [-0.1, -0.05) is 36.4 Å². The number of tetrazole rings is 1. The molecule has 4 rings (SSSR count). The van der Waals surface area contributed by atoms with Crippen LogP contribution in [0.4, 0.5) is 4.39 Å². The van der Waals surface area contributed by atoms with Crippen LogP contribution in [-0.2, 0) is 24.7 Å². The number of aromatic nitrogens is 4. The molecular formula is C22H19FN4O2. The standard InChI is InChI=1S/C22H19FN4O2/c1-13-17(11-21(28)29)10-16-7-8-18(23)12-20(16)19(13)9-14-3-5-15(6-4-14)22-24-25-26-27(22)2/h3-8,10,12H,9,11H2,1-2H3,(H,28,29). The molecule has 146 valence electrons. The van der Waals surface area contributed by atoms with Gasteiger partial charge in [0.25, 0.3) is 0 Å². The van der Waals surface area contributed by atoms with E-state index in [1.165, 1.54) is 12.1 Å². The van der Waals surface area contributed by atoms with Gasteiger partial charge in [-0.2, -0.15) is 0 Å². The first-order chi connectivity index (χ1) is 13.9. The number of carboxylic acids is 1. The highest BCUT2D eigenvalue weighted by atomic mass is 19.1. The van der Waals surface area contributed by atoms with Gasteiger partial charge in [0, 0.05) is 12.6 Å². The van der Waals surface area contributed by atoms with Crippen molar-refractivity contribution in [2.75, 3.05) is 0 Å². The smallest absolute Gasteiger partial charge is 0.307 e. The number of halogens is 1. The SMILES string of the molecule is Cc1c(CC(=O)O)cc2ccc(F)cc2c1Cc1ccc(-c2nnnn2C)cc1. The Balaban J connectivity index is 1.76. The second kappa shape index (κ2) is 7.43. The van der Waals surface area contributed by atoms with Crippen molar-refractivity contribution in [2.24, 2.45) is 7.05 Å². The Labute approximate surface area is 166 Å². The first kappa shape index (κ1) is 18.7. The Morgan fingerprint density at radius 2 is 1.90 bits per heavy atom. The second-order valence-electron chi connectivity index (χ2n) is 7.08. The van der Waals surface area contributed by atoms with E-state index < -0.39 is 5.97 Å². The summed E-state index contributed by atoms with van der Waals surface area (Å²) in [6, 6.07) is 14.3. The van der Waals surface area contributed by atoms with Gasteiger partial charge in [0.15, 0.2) is 5.82 Å². The van der Waals surface area contributed by atoms with E-state index in [4.69, 9.17) is 0 Å². The lowest BCUT2D eigenvalue weighted by Gasteiger charge is -2.15. The van der Waals surface area contributed by atoms with Crippen molar-refractivity contribution in [3.8, 4) is 11.4 Å². The third kappa shape index (κ3) is 3.71. The third-order valence-corrected chi connectivity index (χ3v) is 5.16. The zero-order chi connectivity index (χ0) is 20.5. The highest BCUT2D eigenvalue weighted by Crippen LogP contribution is 2.29. The molecule has 0 saturated carbocycles. The van der Waals surface area contributed by atoms with Crippen LogP contribution in [0.25, 0.3) is 22.2 Å². The van der Waals surface area contributed by atoms with Crippen molar-refractivity contribution in [3.63, 3.8) is 0 Å². The highest BCUT2D eigenvalue weighted by Gasteiger charge is 2.14. The zero-order valence-electron chi connectivity index (χ0n) is 16.1.